The fourth-order valence-corrected chi connectivity index (χ4v) is 2.14. The standard InChI is InChI=1S/C13H22N4/c1-10(2)15-13(5,9-14)8-12(4)17-7-6-11(3)16-17/h6-7,10,12,15H,8H2,1-5H3. The molecule has 1 aromatic rings. The van der Waals surface area contributed by atoms with Gasteiger partial charge in [0.2, 0.25) is 0 Å². The number of nitrogens with one attached hydrogen (secondary N) is 1. The molecular weight excluding hydrogens is 212 g/mol. The molecule has 2 atom stereocenters. The van der Waals surface area contributed by atoms with E-state index in [-0.39, 0.29) is 6.04 Å². The highest BCUT2D eigenvalue weighted by atomic mass is 15.3. The average Bonchev–Trinajstić information content (AvgIpc) is 2.63. The van der Waals surface area contributed by atoms with E-state index in [0.29, 0.717) is 6.04 Å². The predicted octanol–water partition coefficient (Wildman–Crippen LogP) is 2.42. The molecule has 0 saturated carbocycles. The minimum absolute atomic E-state index is 0.208. The molecule has 0 aliphatic rings. The molecule has 0 bridgehead atoms. The molecule has 1 rings (SSSR count). The van der Waals surface area contributed by atoms with Crippen molar-refractivity contribution in [3.8, 4) is 6.07 Å². The monoisotopic (exact) mass is 234 g/mol. The predicted molar refractivity (Wildman–Crippen MR) is 68.6 cm³/mol. The highest BCUT2D eigenvalue weighted by Gasteiger charge is 2.27. The van der Waals surface area contributed by atoms with Gasteiger partial charge in [-0.15, -0.1) is 0 Å². The molecule has 0 amide bonds. The molecule has 4 heteroatoms. The van der Waals surface area contributed by atoms with Crippen molar-refractivity contribution >= 4 is 0 Å². The fraction of sp³-hybridized carbons (Fsp3) is 0.692. The summed E-state index contributed by atoms with van der Waals surface area (Å²) >= 11 is 0. The Hall–Kier alpha value is -1.34. The zero-order chi connectivity index (χ0) is 13.1. The van der Waals surface area contributed by atoms with Crippen LogP contribution in [0, 0.1) is 18.3 Å². The van der Waals surface area contributed by atoms with Gasteiger partial charge in [-0.25, -0.2) is 0 Å². The summed E-state index contributed by atoms with van der Waals surface area (Å²) in [6, 6.07) is 4.85. The molecule has 2 unspecified atom stereocenters. The summed E-state index contributed by atoms with van der Waals surface area (Å²) in [6.07, 6.45) is 2.70. The van der Waals surface area contributed by atoms with Crippen LogP contribution in [0.3, 0.4) is 0 Å². The Morgan fingerprint density at radius 3 is 2.59 bits per heavy atom. The first-order valence-electron chi connectivity index (χ1n) is 6.07. The van der Waals surface area contributed by atoms with Crippen LogP contribution in [0.5, 0.6) is 0 Å². The molecule has 0 aliphatic heterocycles. The van der Waals surface area contributed by atoms with Crippen molar-refractivity contribution in [3.63, 3.8) is 0 Å². The number of rotatable bonds is 5. The molecule has 0 radical (unpaired) electrons. The first kappa shape index (κ1) is 13.7. The van der Waals surface area contributed by atoms with Crippen LogP contribution in [-0.4, -0.2) is 21.4 Å². The lowest BCUT2D eigenvalue weighted by Crippen LogP contribution is -2.46. The van der Waals surface area contributed by atoms with Gasteiger partial charge in [0, 0.05) is 18.7 Å². The summed E-state index contributed by atoms with van der Waals surface area (Å²) in [4.78, 5) is 0. The lowest BCUT2D eigenvalue weighted by Gasteiger charge is -2.28. The van der Waals surface area contributed by atoms with E-state index < -0.39 is 5.54 Å². The maximum Gasteiger partial charge on any atom is 0.106 e. The number of aromatic nitrogens is 2. The smallest absolute Gasteiger partial charge is 0.106 e. The number of nitrogens with zero attached hydrogens (tertiary/aromatic N) is 3. The third kappa shape index (κ3) is 3.86. The van der Waals surface area contributed by atoms with Gasteiger partial charge in [-0.3, -0.25) is 10.00 Å². The van der Waals surface area contributed by atoms with Crippen molar-refractivity contribution in [2.24, 2.45) is 0 Å². The van der Waals surface area contributed by atoms with Gasteiger partial charge >= 0.3 is 0 Å². The van der Waals surface area contributed by atoms with Gasteiger partial charge in [0.25, 0.3) is 0 Å². The van der Waals surface area contributed by atoms with Gasteiger partial charge in [-0.1, -0.05) is 0 Å². The number of nitriles is 1. The molecule has 0 fully saturated rings. The van der Waals surface area contributed by atoms with Crippen LogP contribution in [0.15, 0.2) is 12.3 Å². The van der Waals surface area contributed by atoms with Crippen molar-refractivity contribution in [2.45, 2.75) is 58.7 Å². The lowest BCUT2D eigenvalue weighted by atomic mass is 9.94. The van der Waals surface area contributed by atoms with E-state index in [1.165, 1.54) is 0 Å². The van der Waals surface area contributed by atoms with Crippen LogP contribution in [0.2, 0.25) is 0 Å². The Morgan fingerprint density at radius 2 is 2.18 bits per heavy atom. The average molecular weight is 234 g/mol. The SMILES string of the molecule is Cc1ccn(C(C)CC(C)(C#N)NC(C)C)n1. The first-order chi connectivity index (χ1) is 7.86. The quantitative estimate of drug-likeness (QED) is 0.851. The fourth-order valence-electron chi connectivity index (χ4n) is 2.14. The molecule has 0 spiro atoms. The largest absolute Gasteiger partial charge is 0.297 e. The molecule has 0 aromatic carbocycles. The van der Waals surface area contributed by atoms with E-state index in [0.717, 1.165) is 12.1 Å². The molecule has 1 aromatic heterocycles. The molecule has 1 heterocycles. The van der Waals surface area contributed by atoms with E-state index in [4.69, 9.17) is 0 Å². The molecule has 17 heavy (non-hydrogen) atoms. The number of aryl methyl sites for hydroxylation is 1. The van der Waals surface area contributed by atoms with Crippen molar-refractivity contribution in [2.75, 3.05) is 0 Å². The van der Waals surface area contributed by atoms with E-state index in [1.54, 1.807) is 0 Å². The van der Waals surface area contributed by atoms with Crippen LogP contribution >= 0.6 is 0 Å². The molecule has 1 N–H and O–H groups in total. The summed E-state index contributed by atoms with van der Waals surface area (Å²) in [7, 11) is 0. The van der Waals surface area contributed by atoms with Gasteiger partial charge in [-0.2, -0.15) is 10.4 Å². The van der Waals surface area contributed by atoms with Gasteiger partial charge in [0.1, 0.15) is 5.54 Å². The first-order valence-corrected chi connectivity index (χ1v) is 6.07. The normalized spacial score (nSPS) is 16.5. The minimum atomic E-state index is -0.507. The van der Waals surface area contributed by atoms with Gasteiger partial charge < -0.3 is 0 Å². The summed E-state index contributed by atoms with van der Waals surface area (Å²) in [5, 5.41) is 17.0. The van der Waals surface area contributed by atoms with E-state index >= 15 is 0 Å². The van der Waals surface area contributed by atoms with E-state index in [9.17, 15) is 5.26 Å². The Morgan fingerprint density at radius 1 is 1.53 bits per heavy atom. The third-order valence-corrected chi connectivity index (χ3v) is 2.75. The van der Waals surface area contributed by atoms with Crippen molar-refractivity contribution < 1.29 is 0 Å². The molecule has 4 nitrogen and oxygen atoms in total. The molecule has 0 aliphatic carbocycles. The topological polar surface area (TPSA) is 53.6 Å². The zero-order valence-electron chi connectivity index (χ0n) is 11.4. The lowest BCUT2D eigenvalue weighted by molar-refractivity contribution is 0.314. The maximum absolute atomic E-state index is 9.29. The molecule has 0 saturated heterocycles. The number of hydrogen-bond donors (Lipinski definition) is 1. The highest BCUT2D eigenvalue weighted by Crippen LogP contribution is 2.20. The van der Waals surface area contributed by atoms with Crippen LogP contribution in [-0.2, 0) is 0 Å². The van der Waals surface area contributed by atoms with Crippen LogP contribution in [0.1, 0.15) is 45.9 Å². The van der Waals surface area contributed by atoms with Crippen molar-refractivity contribution in [3.05, 3.63) is 18.0 Å². The van der Waals surface area contributed by atoms with Crippen LogP contribution in [0.25, 0.3) is 0 Å². The third-order valence-electron chi connectivity index (χ3n) is 2.75. The summed E-state index contributed by atoms with van der Waals surface area (Å²) < 4.78 is 1.92. The number of hydrogen-bond acceptors (Lipinski definition) is 3. The van der Waals surface area contributed by atoms with Gasteiger partial charge in [-0.05, 0) is 40.7 Å². The zero-order valence-corrected chi connectivity index (χ0v) is 11.4. The van der Waals surface area contributed by atoms with E-state index in [2.05, 4.69) is 37.3 Å². The second-order valence-electron chi connectivity index (χ2n) is 5.23. The summed E-state index contributed by atoms with van der Waals surface area (Å²) in [5.41, 5.74) is 0.500. The summed E-state index contributed by atoms with van der Waals surface area (Å²) in [5.74, 6) is 0. The Kier molecular flexibility index (Phi) is 4.30. The minimum Gasteiger partial charge on any atom is -0.297 e. The molecule has 94 valence electrons. The van der Waals surface area contributed by atoms with Crippen LogP contribution < -0.4 is 5.32 Å². The maximum atomic E-state index is 9.29. The van der Waals surface area contributed by atoms with Crippen LogP contribution in [0.4, 0.5) is 0 Å². The Balaban J connectivity index is 2.72. The van der Waals surface area contributed by atoms with Gasteiger partial charge in [0.15, 0.2) is 0 Å². The van der Waals surface area contributed by atoms with E-state index in [1.807, 2.05) is 30.8 Å². The molecular formula is C13H22N4. The second-order valence-corrected chi connectivity index (χ2v) is 5.23. The second kappa shape index (κ2) is 5.33. The van der Waals surface area contributed by atoms with Crippen molar-refractivity contribution in [1.82, 2.24) is 15.1 Å². The Labute approximate surface area is 104 Å². The highest BCUT2D eigenvalue weighted by molar-refractivity contribution is 5.06. The Bertz CT molecular complexity index is 402. The van der Waals surface area contributed by atoms with Gasteiger partial charge in [0.05, 0.1) is 17.8 Å². The summed E-state index contributed by atoms with van der Waals surface area (Å²) in [6.45, 7) is 10.1. The van der Waals surface area contributed by atoms with Crippen molar-refractivity contribution in [1.29, 1.82) is 5.26 Å².